The van der Waals surface area contributed by atoms with Crippen molar-refractivity contribution in [3.63, 3.8) is 0 Å². The third-order valence-electron chi connectivity index (χ3n) is 4.44. The summed E-state index contributed by atoms with van der Waals surface area (Å²) >= 11 is 0. The second-order valence-electron chi connectivity index (χ2n) is 6.18. The fourth-order valence-electron chi connectivity index (χ4n) is 3.07. The zero-order valence-corrected chi connectivity index (χ0v) is 13.6. The van der Waals surface area contributed by atoms with Gasteiger partial charge in [-0.2, -0.15) is 0 Å². The van der Waals surface area contributed by atoms with Gasteiger partial charge < -0.3 is 30.4 Å². The number of carbonyl (C=O) groups is 2. The molecule has 1 aliphatic heterocycles. The molecule has 26 heavy (non-hydrogen) atoms. The number of aromatic hydroxyl groups is 4. The Morgan fingerprint density at radius 3 is 2.27 bits per heavy atom. The van der Waals surface area contributed by atoms with E-state index < -0.39 is 17.9 Å². The Kier molecular flexibility index (Phi) is 4.33. The molecule has 0 spiro atoms. The summed E-state index contributed by atoms with van der Waals surface area (Å²) in [7, 11) is 0. The number of phenolic OH excluding ortho intramolecular Hbond substituents is 4. The van der Waals surface area contributed by atoms with Gasteiger partial charge in [0.2, 0.25) is 5.91 Å². The number of fused-ring (bicyclic) bond motifs is 1. The number of carboxylic acids is 1. The van der Waals surface area contributed by atoms with Crippen LogP contribution in [-0.4, -0.2) is 48.4 Å². The average Bonchev–Trinajstić information content (AvgIpc) is 2.58. The first kappa shape index (κ1) is 17.4. The monoisotopic (exact) mass is 359 g/mol. The molecule has 0 saturated carbocycles. The predicted molar refractivity (Wildman–Crippen MR) is 88.9 cm³/mol. The van der Waals surface area contributed by atoms with Gasteiger partial charge in [-0.3, -0.25) is 4.79 Å². The molecule has 1 heterocycles. The summed E-state index contributed by atoms with van der Waals surface area (Å²) in [6.45, 7) is -0.0570. The van der Waals surface area contributed by atoms with Crippen LogP contribution >= 0.6 is 0 Å². The van der Waals surface area contributed by atoms with Gasteiger partial charge in [-0.05, 0) is 41.5 Å². The third kappa shape index (κ3) is 3.21. The number of rotatable bonds is 3. The van der Waals surface area contributed by atoms with Gasteiger partial charge in [0.1, 0.15) is 17.5 Å². The standard InChI is InChI=1S/C18H17NO7/c20-12-1-2-14(21)10(3-12)7-17(24)19-8-11-6-16(23)15(22)5-9(11)4-13(19)18(25)26/h1-3,5-6,13,20-23H,4,7-8H2,(H,25,26). The van der Waals surface area contributed by atoms with E-state index in [-0.39, 0.29) is 47.9 Å². The van der Waals surface area contributed by atoms with Crippen molar-refractivity contribution in [1.29, 1.82) is 0 Å². The van der Waals surface area contributed by atoms with Crippen LogP contribution in [0.4, 0.5) is 0 Å². The van der Waals surface area contributed by atoms with Gasteiger partial charge in [0.15, 0.2) is 11.5 Å². The van der Waals surface area contributed by atoms with Gasteiger partial charge in [0.05, 0.1) is 6.42 Å². The van der Waals surface area contributed by atoms with Crippen LogP contribution in [0.5, 0.6) is 23.0 Å². The first-order chi connectivity index (χ1) is 12.3. The lowest BCUT2D eigenvalue weighted by Gasteiger charge is -2.34. The second-order valence-corrected chi connectivity index (χ2v) is 6.18. The van der Waals surface area contributed by atoms with E-state index in [4.69, 9.17) is 0 Å². The van der Waals surface area contributed by atoms with Crippen LogP contribution in [0.1, 0.15) is 16.7 Å². The molecule has 3 rings (SSSR count). The Balaban J connectivity index is 1.91. The molecule has 1 amide bonds. The van der Waals surface area contributed by atoms with E-state index in [2.05, 4.69) is 0 Å². The Morgan fingerprint density at radius 1 is 0.962 bits per heavy atom. The summed E-state index contributed by atoms with van der Waals surface area (Å²) in [4.78, 5) is 25.4. The van der Waals surface area contributed by atoms with Crippen LogP contribution in [0, 0.1) is 0 Å². The van der Waals surface area contributed by atoms with Crippen molar-refractivity contribution in [2.75, 3.05) is 0 Å². The van der Waals surface area contributed by atoms with Gasteiger partial charge in [-0.1, -0.05) is 0 Å². The Hall–Kier alpha value is -3.42. The summed E-state index contributed by atoms with van der Waals surface area (Å²) in [5.74, 6) is -2.74. The molecule has 5 N–H and O–H groups in total. The Morgan fingerprint density at radius 2 is 1.62 bits per heavy atom. The molecule has 0 fully saturated rings. The molecule has 2 aromatic rings. The molecule has 136 valence electrons. The van der Waals surface area contributed by atoms with E-state index in [1.165, 1.54) is 30.3 Å². The van der Waals surface area contributed by atoms with E-state index in [0.29, 0.717) is 11.1 Å². The van der Waals surface area contributed by atoms with Crippen molar-refractivity contribution >= 4 is 11.9 Å². The van der Waals surface area contributed by atoms with Gasteiger partial charge in [-0.15, -0.1) is 0 Å². The van der Waals surface area contributed by atoms with Crippen molar-refractivity contribution in [2.24, 2.45) is 0 Å². The fourth-order valence-corrected chi connectivity index (χ4v) is 3.07. The van der Waals surface area contributed by atoms with Crippen LogP contribution in [0.2, 0.25) is 0 Å². The molecule has 1 atom stereocenters. The first-order valence-electron chi connectivity index (χ1n) is 7.83. The number of benzene rings is 2. The lowest BCUT2D eigenvalue weighted by atomic mass is 9.92. The SMILES string of the molecule is O=C(O)C1Cc2cc(O)c(O)cc2CN1C(=O)Cc1cc(O)ccc1O. The number of hydrogen-bond acceptors (Lipinski definition) is 6. The van der Waals surface area contributed by atoms with Crippen LogP contribution in [-0.2, 0) is 29.0 Å². The number of aliphatic carboxylic acids is 1. The van der Waals surface area contributed by atoms with Gasteiger partial charge >= 0.3 is 5.97 Å². The lowest BCUT2D eigenvalue weighted by molar-refractivity contribution is -0.151. The fraction of sp³-hybridized carbons (Fsp3) is 0.222. The second kappa shape index (κ2) is 6.47. The molecule has 0 aliphatic carbocycles. The van der Waals surface area contributed by atoms with Crippen LogP contribution < -0.4 is 0 Å². The number of hydrogen-bond donors (Lipinski definition) is 5. The molecule has 8 heteroatoms. The quantitative estimate of drug-likeness (QED) is 0.408. The topological polar surface area (TPSA) is 139 Å². The third-order valence-corrected chi connectivity index (χ3v) is 4.44. The molecular formula is C18H17NO7. The Bertz CT molecular complexity index is 893. The summed E-state index contributed by atoms with van der Waals surface area (Å²) in [6, 6.07) is 5.22. The van der Waals surface area contributed by atoms with E-state index in [9.17, 15) is 35.1 Å². The Labute approximate surface area is 148 Å². The molecule has 0 radical (unpaired) electrons. The van der Waals surface area contributed by atoms with Crippen molar-refractivity contribution in [1.82, 2.24) is 4.90 Å². The van der Waals surface area contributed by atoms with E-state index >= 15 is 0 Å². The molecule has 0 saturated heterocycles. The predicted octanol–water partition coefficient (Wildman–Crippen LogP) is 1.09. The van der Waals surface area contributed by atoms with E-state index in [0.717, 1.165) is 4.90 Å². The summed E-state index contributed by atoms with van der Waals surface area (Å²) in [5, 5.41) is 48.0. The van der Waals surface area contributed by atoms with Crippen LogP contribution in [0.15, 0.2) is 30.3 Å². The molecule has 0 aromatic heterocycles. The zero-order valence-electron chi connectivity index (χ0n) is 13.6. The highest BCUT2D eigenvalue weighted by atomic mass is 16.4. The molecule has 2 aromatic carbocycles. The number of amides is 1. The average molecular weight is 359 g/mol. The highest BCUT2D eigenvalue weighted by molar-refractivity contribution is 5.86. The molecule has 1 aliphatic rings. The molecule has 8 nitrogen and oxygen atoms in total. The summed E-state index contributed by atoms with van der Waals surface area (Å²) in [5.41, 5.74) is 1.25. The van der Waals surface area contributed by atoms with Crippen LogP contribution in [0.3, 0.4) is 0 Å². The van der Waals surface area contributed by atoms with Crippen molar-refractivity contribution in [3.8, 4) is 23.0 Å². The summed E-state index contributed by atoms with van der Waals surface area (Å²) < 4.78 is 0. The number of phenols is 4. The maximum Gasteiger partial charge on any atom is 0.326 e. The van der Waals surface area contributed by atoms with Crippen molar-refractivity contribution in [2.45, 2.75) is 25.4 Å². The van der Waals surface area contributed by atoms with Gasteiger partial charge in [-0.25, -0.2) is 4.79 Å². The molecule has 1 unspecified atom stereocenters. The highest BCUT2D eigenvalue weighted by Gasteiger charge is 2.35. The smallest absolute Gasteiger partial charge is 0.326 e. The molecule has 0 bridgehead atoms. The largest absolute Gasteiger partial charge is 0.508 e. The van der Waals surface area contributed by atoms with E-state index in [1.54, 1.807) is 0 Å². The van der Waals surface area contributed by atoms with Crippen LogP contribution in [0.25, 0.3) is 0 Å². The minimum absolute atomic E-state index is 0.0176. The number of nitrogens with zero attached hydrogens (tertiary/aromatic N) is 1. The highest BCUT2D eigenvalue weighted by Crippen LogP contribution is 2.34. The normalized spacial score (nSPS) is 16.2. The zero-order chi connectivity index (χ0) is 19.0. The minimum atomic E-state index is -1.20. The maximum absolute atomic E-state index is 12.7. The number of carboxylic acid groups (broad SMARTS) is 1. The maximum atomic E-state index is 12.7. The minimum Gasteiger partial charge on any atom is -0.508 e. The lowest BCUT2D eigenvalue weighted by Crippen LogP contribution is -2.49. The van der Waals surface area contributed by atoms with Crippen molar-refractivity contribution in [3.05, 3.63) is 47.0 Å². The summed E-state index contributed by atoms with van der Waals surface area (Å²) in [6.07, 6.45) is -0.306. The van der Waals surface area contributed by atoms with Crippen molar-refractivity contribution < 1.29 is 35.1 Å². The first-order valence-corrected chi connectivity index (χ1v) is 7.83. The van der Waals surface area contributed by atoms with Gasteiger partial charge in [0.25, 0.3) is 0 Å². The molecular weight excluding hydrogens is 342 g/mol. The van der Waals surface area contributed by atoms with E-state index in [1.807, 2.05) is 0 Å². The number of carbonyl (C=O) groups excluding carboxylic acids is 1. The van der Waals surface area contributed by atoms with Gasteiger partial charge in [0, 0.05) is 18.5 Å².